The molecule has 1 aliphatic heterocycles. The van der Waals surface area contributed by atoms with Crippen LogP contribution in [0.2, 0.25) is 5.02 Å². The van der Waals surface area contributed by atoms with Crippen LogP contribution in [0, 0.1) is 19.8 Å². The van der Waals surface area contributed by atoms with Gasteiger partial charge in [0.15, 0.2) is 0 Å². The summed E-state index contributed by atoms with van der Waals surface area (Å²) in [6.45, 7) is 8.41. The first-order valence-electron chi connectivity index (χ1n) is 8.15. The fourth-order valence-corrected chi connectivity index (χ4v) is 3.17. The Morgan fingerprint density at radius 2 is 2.04 bits per heavy atom. The number of benzene rings is 1. The van der Waals surface area contributed by atoms with E-state index in [1.165, 1.54) is 12.8 Å². The van der Waals surface area contributed by atoms with Crippen LogP contribution in [0.5, 0.6) is 0 Å². The number of hydrogen-bond acceptors (Lipinski definition) is 4. The predicted molar refractivity (Wildman–Crippen MR) is 96.9 cm³/mol. The standard InChI is InChI=1S/C18H23ClN4/c1-12-5-4-8-23(11-12)18-20-14(3)9-17(22-18)21-16-10-15(19)7-6-13(16)2/h6-7,9-10,12H,4-5,8,11H2,1-3H3,(H,20,21,22). The Hall–Kier alpha value is -1.81. The molecule has 0 bridgehead atoms. The third-order valence-electron chi connectivity index (χ3n) is 4.24. The second-order valence-electron chi connectivity index (χ2n) is 6.47. The quantitative estimate of drug-likeness (QED) is 0.883. The highest BCUT2D eigenvalue weighted by Crippen LogP contribution is 2.26. The molecule has 1 unspecified atom stereocenters. The number of anilines is 3. The van der Waals surface area contributed by atoms with Gasteiger partial charge in [-0.1, -0.05) is 24.6 Å². The molecule has 0 amide bonds. The Labute approximate surface area is 142 Å². The van der Waals surface area contributed by atoms with Crippen molar-refractivity contribution in [1.82, 2.24) is 9.97 Å². The lowest BCUT2D eigenvalue weighted by atomic mass is 10.0. The third kappa shape index (κ3) is 3.94. The Morgan fingerprint density at radius 1 is 1.22 bits per heavy atom. The molecule has 2 heterocycles. The Balaban J connectivity index is 1.87. The molecule has 0 spiro atoms. The van der Waals surface area contributed by atoms with Gasteiger partial charge in [0.1, 0.15) is 5.82 Å². The van der Waals surface area contributed by atoms with E-state index < -0.39 is 0 Å². The monoisotopic (exact) mass is 330 g/mol. The summed E-state index contributed by atoms with van der Waals surface area (Å²) < 4.78 is 0. The molecule has 1 saturated heterocycles. The highest BCUT2D eigenvalue weighted by molar-refractivity contribution is 6.30. The van der Waals surface area contributed by atoms with Gasteiger partial charge in [-0.15, -0.1) is 0 Å². The number of hydrogen-bond donors (Lipinski definition) is 1. The van der Waals surface area contributed by atoms with Gasteiger partial charge in [-0.25, -0.2) is 4.98 Å². The molecule has 23 heavy (non-hydrogen) atoms. The van der Waals surface area contributed by atoms with Crippen LogP contribution in [0.3, 0.4) is 0 Å². The average Bonchev–Trinajstić information content (AvgIpc) is 2.50. The highest BCUT2D eigenvalue weighted by Gasteiger charge is 2.19. The van der Waals surface area contributed by atoms with Crippen molar-refractivity contribution in [2.24, 2.45) is 5.92 Å². The number of halogens is 1. The molecule has 1 aromatic carbocycles. The molecule has 1 aliphatic rings. The number of rotatable bonds is 3. The van der Waals surface area contributed by atoms with Crippen molar-refractivity contribution in [3.63, 3.8) is 0 Å². The molecule has 1 N–H and O–H groups in total. The molecule has 2 aromatic rings. The van der Waals surface area contributed by atoms with E-state index >= 15 is 0 Å². The van der Waals surface area contributed by atoms with Crippen molar-refractivity contribution in [3.05, 3.63) is 40.5 Å². The Kier molecular flexibility index (Phi) is 4.71. The second kappa shape index (κ2) is 6.75. The lowest BCUT2D eigenvalue weighted by molar-refractivity contribution is 0.442. The van der Waals surface area contributed by atoms with Crippen molar-refractivity contribution < 1.29 is 0 Å². The molecule has 3 rings (SSSR count). The molecular weight excluding hydrogens is 308 g/mol. The molecular formula is C18H23ClN4. The maximum atomic E-state index is 6.10. The first-order valence-corrected chi connectivity index (χ1v) is 8.53. The summed E-state index contributed by atoms with van der Waals surface area (Å²) in [4.78, 5) is 11.6. The van der Waals surface area contributed by atoms with Gasteiger partial charge in [-0.2, -0.15) is 4.98 Å². The van der Waals surface area contributed by atoms with Crippen molar-refractivity contribution in [3.8, 4) is 0 Å². The lowest BCUT2D eigenvalue weighted by Gasteiger charge is -2.31. The van der Waals surface area contributed by atoms with Crippen LogP contribution in [0.25, 0.3) is 0 Å². The molecule has 1 atom stereocenters. The van der Waals surface area contributed by atoms with Gasteiger partial charge >= 0.3 is 0 Å². The number of aryl methyl sites for hydroxylation is 2. The average molecular weight is 331 g/mol. The van der Waals surface area contributed by atoms with Crippen LogP contribution in [0.4, 0.5) is 17.5 Å². The van der Waals surface area contributed by atoms with Crippen LogP contribution >= 0.6 is 11.6 Å². The van der Waals surface area contributed by atoms with Gasteiger partial charge in [0.05, 0.1) is 0 Å². The van der Waals surface area contributed by atoms with E-state index in [1.807, 2.05) is 31.2 Å². The summed E-state index contributed by atoms with van der Waals surface area (Å²) in [5, 5.41) is 4.10. The molecule has 0 aliphatic carbocycles. The van der Waals surface area contributed by atoms with E-state index in [4.69, 9.17) is 16.6 Å². The van der Waals surface area contributed by atoms with Crippen LogP contribution in [-0.2, 0) is 0 Å². The fourth-order valence-electron chi connectivity index (χ4n) is 3.00. The van der Waals surface area contributed by atoms with Crippen molar-refractivity contribution in [2.45, 2.75) is 33.6 Å². The summed E-state index contributed by atoms with van der Waals surface area (Å²) in [7, 11) is 0. The van der Waals surface area contributed by atoms with E-state index in [2.05, 4.69) is 29.0 Å². The SMILES string of the molecule is Cc1cc(Nc2cc(Cl)ccc2C)nc(N2CCCC(C)C2)n1. The summed E-state index contributed by atoms with van der Waals surface area (Å²) in [6.07, 6.45) is 2.49. The third-order valence-corrected chi connectivity index (χ3v) is 4.48. The van der Waals surface area contributed by atoms with Gasteiger partial charge in [0.25, 0.3) is 0 Å². The highest BCUT2D eigenvalue weighted by atomic mass is 35.5. The Morgan fingerprint density at radius 3 is 2.83 bits per heavy atom. The van der Waals surface area contributed by atoms with E-state index in [0.29, 0.717) is 10.9 Å². The van der Waals surface area contributed by atoms with Crippen molar-refractivity contribution in [1.29, 1.82) is 0 Å². The number of aromatic nitrogens is 2. The number of nitrogens with one attached hydrogen (secondary N) is 1. The topological polar surface area (TPSA) is 41.1 Å². The summed E-state index contributed by atoms with van der Waals surface area (Å²) in [5.41, 5.74) is 3.09. The minimum atomic E-state index is 0.694. The van der Waals surface area contributed by atoms with Crippen LogP contribution in [0.15, 0.2) is 24.3 Å². The lowest BCUT2D eigenvalue weighted by Crippen LogP contribution is -2.35. The Bertz CT molecular complexity index is 701. The molecule has 122 valence electrons. The second-order valence-corrected chi connectivity index (χ2v) is 6.91. The molecule has 4 nitrogen and oxygen atoms in total. The largest absolute Gasteiger partial charge is 0.340 e. The molecule has 1 fully saturated rings. The van der Waals surface area contributed by atoms with Crippen molar-refractivity contribution >= 4 is 29.1 Å². The van der Waals surface area contributed by atoms with Gasteiger partial charge in [0, 0.05) is 35.6 Å². The zero-order valence-electron chi connectivity index (χ0n) is 13.9. The van der Waals surface area contributed by atoms with Crippen molar-refractivity contribution in [2.75, 3.05) is 23.3 Å². The molecule has 0 saturated carbocycles. The molecule has 1 aromatic heterocycles. The normalized spacial score (nSPS) is 18.1. The maximum Gasteiger partial charge on any atom is 0.227 e. The maximum absolute atomic E-state index is 6.10. The van der Waals surface area contributed by atoms with Gasteiger partial charge in [-0.3, -0.25) is 0 Å². The number of nitrogens with zero attached hydrogens (tertiary/aromatic N) is 3. The van der Waals surface area contributed by atoms with E-state index in [-0.39, 0.29) is 0 Å². The first kappa shape index (κ1) is 16.1. The molecule has 5 heteroatoms. The zero-order valence-corrected chi connectivity index (χ0v) is 14.7. The molecule has 0 radical (unpaired) electrons. The van der Waals surface area contributed by atoms with Crippen LogP contribution in [0.1, 0.15) is 31.0 Å². The van der Waals surface area contributed by atoms with Gasteiger partial charge < -0.3 is 10.2 Å². The van der Waals surface area contributed by atoms with E-state index in [1.54, 1.807) is 0 Å². The number of piperidine rings is 1. The van der Waals surface area contributed by atoms with Crippen LogP contribution < -0.4 is 10.2 Å². The minimum absolute atomic E-state index is 0.694. The summed E-state index contributed by atoms with van der Waals surface area (Å²) >= 11 is 6.10. The first-order chi connectivity index (χ1) is 11.0. The minimum Gasteiger partial charge on any atom is -0.340 e. The van der Waals surface area contributed by atoms with Crippen LogP contribution in [-0.4, -0.2) is 23.1 Å². The zero-order chi connectivity index (χ0) is 16.4. The van der Waals surface area contributed by atoms with E-state index in [9.17, 15) is 0 Å². The van der Waals surface area contributed by atoms with Gasteiger partial charge in [0.2, 0.25) is 5.95 Å². The fraction of sp³-hybridized carbons (Fsp3) is 0.444. The smallest absolute Gasteiger partial charge is 0.227 e. The van der Waals surface area contributed by atoms with Gasteiger partial charge in [-0.05, 0) is 50.3 Å². The summed E-state index contributed by atoms with van der Waals surface area (Å²) in [5.74, 6) is 2.33. The summed E-state index contributed by atoms with van der Waals surface area (Å²) in [6, 6.07) is 7.80. The van der Waals surface area contributed by atoms with E-state index in [0.717, 1.165) is 41.8 Å². The predicted octanol–water partition coefficient (Wildman–Crippen LogP) is 4.73.